The first-order chi connectivity index (χ1) is 7.74. The second kappa shape index (κ2) is 4.56. The van der Waals surface area contributed by atoms with Gasteiger partial charge in [0.2, 0.25) is 0 Å². The number of aryl methyl sites for hydroxylation is 1. The Labute approximate surface area is 95.7 Å². The first kappa shape index (κ1) is 11.0. The van der Waals surface area contributed by atoms with E-state index in [9.17, 15) is 9.90 Å². The topological polar surface area (TPSA) is 40.5 Å². The van der Waals surface area contributed by atoms with Gasteiger partial charge in [-0.3, -0.25) is 0 Å². The Morgan fingerprint density at radius 1 is 1.50 bits per heavy atom. The summed E-state index contributed by atoms with van der Waals surface area (Å²) in [7, 11) is 0. The molecule has 0 fully saturated rings. The van der Waals surface area contributed by atoms with Crippen LogP contribution in [0.3, 0.4) is 0 Å². The number of hydrogen-bond acceptors (Lipinski definition) is 2. The number of benzene rings is 1. The van der Waals surface area contributed by atoms with E-state index in [2.05, 4.69) is 6.07 Å². The molecule has 2 rings (SSSR count). The van der Waals surface area contributed by atoms with Crippen molar-refractivity contribution in [3.05, 3.63) is 29.8 Å². The molecule has 1 aliphatic heterocycles. The molecule has 1 aromatic rings. The number of carboxylic acids is 1. The summed E-state index contributed by atoms with van der Waals surface area (Å²) in [5, 5.41) is 9.21. The molecule has 3 nitrogen and oxygen atoms in total. The highest BCUT2D eigenvalue weighted by molar-refractivity contribution is 5.79. The first-order valence-corrected chi connectivity index (χ1v) is 5.81. The third-order valence-corrected chi connectivity index (χ3v) is 3.19. The van der Waals surface area contributed by atoms with Gasteiger partial charge in [-0.2, -0.15) is 0 Å². The minimum Gasteiger partial charge on any atom is -0.480 e. The molecule has 1 aromatic carbocycles. The molecule has 1 heterocycles. The Morgan fingerprint density at radius 3 is 2.94 bits per heavy atom. The van der Waals surface area contributed by atoms with Crippen molar-refractivity contribution < 1.29 is 9.90 Å². The number of carboxylic acid groups (broad SMARTS) is 1. The summed E-state index contributed by atoms with van der Waals surface area (Å²) in [6.45, 7) is 2.78. The molecular weight excluding hydrogens is 202 g/mol. The van der Waals surface area contributed by atoms with Gasteiger partial charge in [-0.1, -0.05) is 25.1 Å². The van der Waals surface area contributed by atoms with Crippen LogP contribution in [0.2, 0.25) is 0 Å². The zero-order chi connectivity index (χ0) is 11.5. The van der Waals surface area contributed by atoms with Crippen LogP contribution in [-0.2, 0) is 11.2 Å². The lowest BCUT2D eigenvalue weighted by Crippen LogP contribution is -2.43. The number of rotatable bonds is 3. The largest absolute Gasteiger partial charge is 0.480 e. The molecule has 1 atom stereocenters. The highest BCUT2D eigenvalue weighted by Gasteiger charge is 2.27. The van der Waals surface area contributed by atoms with E-state index in [4.69, 9.17) is 0 Å². The van der Waals surface area contributed by atoms with Crippen LogP contribution in [0.1, 0.15) is 25.3 Å². The number of hydrogen-bond donors (Lipinski definition) is 1. The fourth-order valence-electron chi connectivity index (χ4n) is 2.41. The van der Waals surface area contributed by atoms with Crippen molar-refractivity contribution in [2.24, 2.45) is 0 Å². The second-order valence-corrected chi connectivity index (χ2v) is 4.19. The Balaban J connectivity index is 2.34. The van der Waals surface area contributed by atoms with E-state index in [0.717, 1.165) is 25.1 Å². The summed E-state index contributed by atoms with van der Waals surface area (Å²) >= 11 is 0. The number of para-hydroxylation sites is 1. The summed E-state index contributed by atoms with van der Waals surface area (Å²) in [6, 6.07) is 7.73. The van der Waals surface area contributed by atoms with Gasteiger partial charge in [-0.25, -0.2) is 4.79 Å². The SMILES string of the molecule is CCC(C(=O)O)N1CCCc2ccccc21. The molecule has 86 valence electrons. The quantitative estimate of drug-likeness (QED) is 0.848. The van der Waals surface area contributed by atoms with Crippen LogP contribution in [0.4, 0.5) is 5.69 Å². The third-order valence-electron chi connectivity index (χ3n) is 3.19. The van der Waals surface area contributed by atoms with Crippen LogP contribution in [-0.4, -0.2) is 23.7 Å². The van der Waals surface area contributed by atoms with Gasteiger partial charge in [-0.05, 0) is 30.9 Å². The predicted molar refractivity (Wildman–Crippen MR) is 63.8 cm³/mol. The molecule has 3 heteroatoms. The van der Waals surface area contributed by atoms with Crippen molar-refractivity contribution >= 4 is 11.7 Å². The van der Waals surface area contributed by atoms with Crippen LogP contribution >= 0.6 is 0 Å². The van der Waals surface area contributed by atoms with E-state index in [0.29, 0.717) is 6.42 Å². The number of carbonyl (C=O) groups is 1. The highest BCUT2D eigenvalue weighted by atomic mass is 16.4. The lowest BCUT2D eigenvalue weighted by molar-refractivity contribution is -0.138. The normalized spacial score (nSPS) is 16.7. The lowest BCUT2D eigenvalue weighted by Gasteiger charge is -2.35. The summed E-state index contributed by atoms with van der Waals surface area (Å²) in [6.07, 6.45) is 2.74. The fraction of sp³-hybridized carbons (Fsp3) is 0.462. The van der Waals surface area contributed by atoms with Gasteiger partial charge >= 0.3 is 5.97 Å². The number of nitrogens with zero attached hydrogens (tertiary/aromatic N) is 1. The van der Waals surface area contributed by atoms with E-state index in [-0.39, 0.29) is 6.04 Å². The van der Waals surface area contributed by atoms with Crippen molar-refractivity contribution in [2.45, 2.75) is 32.2 Å². The summed E-state index contributed by atoms with van der Waals surface area (Å²) in [5.74, 6) is -0.723. The standard InChI is InChI=1S/C13H17NO2/c1-2-11(13(15)16)14-9-5-7-10-6-3-4-8-12(10)14/h3-4,6,8,11H,2,5,7,9H2,1H3,(H,15,16). The first-order valence-electron chi connectivity index (χ1n) is 5.81. The van der Waals surface area contributed by atoms with Crippen LogP contribution < -0.4 is 4.90 Å². The van der Waals surface area contributed by atoms with Crippen LogP contribution in [0.5, 0.6) is 0 Å². The fourth-order valence-corrected chi connectivity index (χ4v) is 2.41. The van der Waals surface area contributed by atoms with Crippen LogP contribution in [0, 0.1) is 0 Å². The summed E-state index contributed by atoms with van der Waals surface area (Å²) in [4.78, 5) is 13.2. The van der Waals surface area contributed by atoms with E-state index in [1.165, 1.54) is 5.56 Å². The Morgan fingerprint density at radius 2 is 2.25 bits per heavy atom. The number of fused-ring (bicyclic) bond motifs is 1. The predicted octanol–water partition coefficient (Wildman–Crippen LogP) is 2.30. The second-order valence-electron chi connectivity index (χ2n) is 4.19. The van der Waals surface area contributed by atoms with Gasteiger partial charge in [0.25, 0.3) is 0 Å². The summed E-state index contributed by atoms with van der Waals surface area (Å²) in [5.41, 5.74) is 2.37. The lowest BCUT2D eigenvalue weighted by atomic mass is 9.99. The van der Waals surface area contributed by atoms with E-state index < -0.39 is 5.97 Å². The van der Waals surface area contributed by atoms with Crippen molar-refractivity contribution in [2.75, 3.05) is 11.4 Å². The van der Waals surface area contributed by atoms with Crippen molar-refractivity contribution in [1.29, 1.82) is 0 Å². The molecule has 0 radical (unpaired) electrons. The zero-order valence-corrected chi connectivity index (χ0v) is 9.52. The third kappa shape index (κ3) is 1.90. The Hall–Kier alpha value is -1.51. The Bertz CT molecular complexity index is 389. The van der Waals surface area contributed by atoms with E-state index >= 15 is 0 Å². The maximum Gasteiger partial charge on any atom is 0.326 e. The molecule has 0 bridgehead atoms. The van der Waals surface area contributed by atoms with Crippen molar-refractivity contribution in [3.8, 4) is 0 Å². The van der Waals surface area contributed by atoms with Gasteiger partial charge in [0.1, 0.15) is 6.04 Å². The maximum absolute atomic E-state index is 11.2. The molecular formula is C13H17NO2. The summed E-state index contributed by atoms with van der Waals surface area (Å²) < 4.78 is 0. The molecule has 0 saturated carbocycles. The number of anilines is 1. The highest BCUT2D eigenvalue weighted by Crippen LogP contribution is 2.29. The van der Waals surface area contributed by atoms with Crippen LogP contribution in [0.25, 0.3) is 0 Å². The maximum atomic E-state index is 11.2. The van der Waals surface area contributed by atoms with Crippen LogP contribution in [0.15, 0.2) is 24.3 Å². The monoisotopic (exact) mass is 219 g/mol. The van der Waals surface area contributed by atoms with Gasteiger partial charge in [0.05, 0.1) is 0 Å². The molecule has 0 aliphatic carbocycles. The van der Waals surface area contributed by atoms with Crippen molar-refractivity contribution in [3.63, 3.8) is 0 Å². The van der Waals surface area contributed by atoms with Gasteiger partial charge < -0.3 is 10.0 Å². The zero-order valence-electron chi connectivity index (χ0n) is 9.52. The van der Waals surface area contributed by atoms with Crippen molar-refractivity contribution in [1.82, 2.24) is 0 Å². The molecule has 0 saturated heterocycles. The molecule has 0 aromatic heterocycles. The van der Waals surface area contributed by atoms with E-state index in [1.54, 1.807) is 0 Å². The van der Waals surface area contributed by atoms with Gasteiger partial charge in [0, 0.05) is 12.2 Å². The molecule has 1 aliphatic rings. The molecule has 0 amide bonds. The molecule has 1 N–H and O–H groups in total. The average molecular weight is 219 g/mol. The smallest absolute Gasteiger partial charge is 0.326 e. The average Bonchev–Trinajstić information content (AvgIpc) is 2.30. The minimum atomic E-state index is -0.723. The van der Waals surface area contributed by atoms with E-state index in [1.807, 2.05) is 30.0 Å². The van der Waals surface area contributed by atoms with Gasteiger partial charge in [-0.15, -0.1) is 0 Å². The van der Waals surface area contributed by atoms with Gasteiger partial charge in [0.15, 0.2) is 0 Å². The Kier molecular flexibility index (Phi) is 3.13. The number of aliphatic carboxylic acids is 1. The molecule has 0 spiro atoms. The molecule has 16 heavy (non-hydrogen) atoms. The minimum absolute atomic E-state index is 0.388. The molecule has 1 unspecified atom stereocenters.